The fourth-order valence-electron chi connectivity index (χ4n) is 3.43. The molecule has 0 bridgehead atoms. The summed E-state index contributed by atoms with van der Waals surface area (Å²) >= 11 is 0. The molecule has 8 nitrogen and oxygen atoms in total. The zero-order valence-corrected chi connectivity index (χ0v) is 17.0. The average molecular weight is 394 g/mol. The van der Waals surface area contributed by atoms with Gasteiger partial charge in [-0.2, -0.15) is 0 Å². The second kappa shape index (κ2) is 7.36. The number of hydrogen-bond donors (Lipinski definition) is 3. The fraction of sp³-hybridized carbons (Fsp3) is 0.381. The standard InChI is InChI=1S/C21H26N6O2/c1-21(2)20(29)23-16-7-8-17(24-18(16)25-21)22-15-6-4-5-14(13-15)19(28)27-11-9-26(3)10-12-27/h4-8,13H,9-12H2,1-3H3,(H,23,29)(H2,22,24,25). The van der Waals surface area contributed by atoms with E-state index in [0.717, 1.165) is 31.9 Å². The van der Waals surface area contributed by atoms with Gasteiger partial charge in [0.25, 0.3) is 5.91 Å². The molecule has 0 spiro atoms. The van der Waals surface area contributed by atoms with Crippen molar-refractivity contribution in [3.05, 3.63) is 42.0 Å². The molecule has 3 heterocycles. The molecule has 1 aromatic heterocycles. The van der Waals surface area contributed by atoms with Gasteiger partial charge in [0.2, 0.25) is 5.91 Å². The maximum Gasteiger partial charge on any atom is 0.254 e. The van der Waals surface area contributed by atoms with E-state index < -0.39 is 5.54 Å². The van der Waals surface area contributed by atoms with Crippen LogP contribution in [0.5, 0.6) is 0 Å². The van der Waals surface area contributed by atoms with Crippen LogP contribution in [0.3, 0.4) is 0 Å². The predicted octanol–water partition coefficient (Wildman–Crippen LogP) is 2.36. The van der Waals surface area contributed by atoms with Crippen molar-refractivity contribution in [2.24, 2.45) is 0 Å². The van der Waals surface area contributed by atoms with E-state index in [0.29, 0.717) is 22.9 Å². The molecular weight excluding hydrogens is 368 g/mol. The van der Waals surface area contributed by atoms with E-state index in [4.69, 9.17) is 0 Å². The topological polar surface area (TPSA) is 89.6 Å². The summed E-state index contributed by atoms with van der Waals surface area (Å²) in [6.45, 7) is 6.88. The molecule has 2 aliphatic rings. The molecule has 2 amide bonds. The highest BCUT2D eigenvalue weighted by Crippen LogP contribution is 2.31. The second-order valence-electron chi connectivity index (χ2n) is 8.10. The first kappa shape index (κ1) is 19.2. The number of rotatable bonds is 3. The smallest absolute Gasteiger partial charge is 0.254 e. The first-order chi connectivity index (χ1) is 13.8. The number of benzene rings is 1. The number of aromatic nitrogens is 1. The zero-order chi connectivity index (χ0) is 20.6. The second-order valence-corrected chi connectivity index (χ2v) is 8.10. The van der Waals surface area contributed by atoms with Gasteiger partial charge in [-0.15, -0.1) is 0 Å². The van der Waals surface area contributed by atoms with Gasteiger partial charge in [-0.1, -0.05) is 6.07 Å². The van der Waals surface area contributed by atoms with Crippen molar-refractivity contribution in [2.45, 2.75) is 19.4 Å². The van der Waals surface area contributed by atoms with Crippen LogP contribution in [-0.2, 0) is 4.79 Å². The Bertz CT molecular complexity index is 950. The lowest BCUT2D eigenvalue weighted by Crippen LogP contribution is -2.47. The monoisotopic (exact) mass is 394 g/mol. The molecule has 4 rings (SSSR count). The maximum absolute atomic E-state index is 12.8. The number of amides is 2. The van der Waals surface area contributed by atoms with Crippen LogP contribution in [0.25, 0.3) is 0 Å². The van der Waals surface area contributed by atoms with Crippen LogP contribution in [0, 0.1) is 0 Å². The quantitative estimate of drug-likeness (QED) is 0.741. The number of piperazine rings is 1. The van der Waals surface area contributed by atoms with Crippen LogP contribution in [0.15, 0.2) is 36.4 Å². The van der Waals surface area contributed by atoms with E-state index in [9.17, 15) is 9.59 Å². The lowest BCUT2D eigenvalue weighted by Gasteiger charge is -2.32. The Morgan fingerprint density at radius 3 is 2.66 bits per heavy atom. The van der Waals surface area contributed by atoms with Crippen molar-refractivity contribution in [3.8, 4) is 0 Å². The number of pyridine rings is 1. The maximum atomic E-state index is 12.8. The predicted molar refractivity (Wildman–Crippen MR) is 114 cm³/mol. The van der Waals surface area contributed by atoms with Gasteiger partial charge in [-0.3, -0.25) is 9.59 Å². The van der Waals surface area contributed by atoms with Crippen LogP contribution in [0.4, 0.5) is 23.0 Å². The molecular formula is C21H26N6O2. The van der Waals surface area contributed by atoms with Crippen LogP contribution < -0.4 is 16.0 Å². The van der Waals surface area contributed by atoms with E-state index in [2.05, 4.69) is 32.9 Å². The fourth-order valence-corrected chi connectivity index (χ4v) is 3.43. The molecule has 2 aromatic rings. The molecule has 1 aromatic carbocycles. The number of nitrogens with one attached hydrogen (secondary N) is 3. The van der Waals surface area contributed by atoms with E-state index in [1.165, 1.54) is 0 Å². The van der Waals surface area contributed by atoms with Gasteiger partial charge in [0.15, 0.2) is 5.82 Å². The third-order valence-corrected chi connectivity index (χ3v) is 5.31. The Kier molecular flexibility index (Phi) is 4.87. The molecule has 29 heavy (non-hydrogen) atoms. The summed E-state index contributed by atoms with van der Waals surface area (Å²) in [4.78, 5) is 33.6. The molecule has 0 saturated carbocycles. The normalized spacial score (nSPS) is 18.4. The largest absolute Gasteiger partial charge is 0.355 e. The minimum absolute atomic E-state index is 0.0475. The molecule has 1 saturated heterocycles. The van der Waals surface area contributed by atoms with Gasteiger partial charge < -0.3 is 25.8 Å². The number of carbonyl (C=O) groups is 2. The number of carbonyl (C=O) groups excluding carboxylic acids is 2. The highest BCUT2D eigenvalue weighted by Gasteiger charge is 2.33. The number of anilines is 4. The molecule has 0 unspecified atom stereocenters. The number of nitrogens with zero attached hydrogens (tertiary/aromatic N) is 3. The van der Waals surface area contributed by atoms with Crippen LogP contribution in [0.2, 0.25) is 0 Å². The Hall–Kier alpha value is -3.13. The molecule has 152 valence electrons. The van der Waals surface area contributed by atoms with Crippen molar-refractivity contribution in [1.29, 1.82) is 0 Å². The van der Waals surface area contributed by atoms with Crippen molar-refractivity contribution < 1.29 is 9.59 Å². The van der Waals surface area contributed by atoms with Crippen molar-refractivity contribution in [2.75, 3.05) is 49.2 Å². The summed E-state index contributed by atoms with van der Waals surface area (Å²) in [6.07, 6.45) is 0. The Balaban J connectivity index is 1.50. The zero-order valence-electron chi connectivity index (χ0n) is 17.0. The summed E-state index contributed by atoms with van der Waals surface area (Å²) in [5.74, 6) is 1.20. The van der Waals surface area contributed by atoms with E-state index in [1.54, 1.807) is 19.9 Å². The van der Waals surface area contributed by atoms with Crippen molar-refractivity contribution >= 4 is 34.8 Å². The van der Waals surface area contributed by atoms with Crippen molar-refractivity contribution in [3.63, 3.8) is 0 Å². The molecule has 0 radical (unpaired) electrons. The lowest BCUT2D eigenvalue weighted by atomic mass is 10.0. The first-order valence-electron chi connectivity index (χ1n) is 9.77. The van der Waals surface area contributed by atoms with Gasteiger partial charge in [0, 0.05) is 37.4 Å². The number of fused-ring (bicyclic) bond motifs is 1. The Labute approximate surface area is 170 Å². The van der Waals surface area contributed by atoms with Crippen LogP contribution >= 0.6 is 0 Å². The van der Waals surface area contributed by atoms with Gasteiger partial charge in [-0.25, -0.2) is 4.98 Å². The minimum atomic E-state index is -0.729. The third kappa shape index (κ3) is 4.02. The van der Waals surface area contributed by atoms with Crippen LogP contribution in [-0.4, -0.2) is 65.4 Å². The molecule has 0 aliphatic carbocycles. The first-order valence-corrected chi connectivity index (χ1v) is 9.77. The highest BCUT2D eigenvalue weighted by molar-refractivity contribution is 6.05. The van der Waals surface area contributed by atoms with Crippen LogP contribution in [0.1, 0.15) is 24.2 Å². The molecule has 3 N–H and O–H groups in total. The molecule has 1 fully saturated rings. The van der Waals surface area contributed by atoms with Gasteiger partial charge in [-0.05, 0) is 51.2 Å². The van der Waals surface area contributed by atoms with Gasteiger partial charge >= 0.3 is 0 Å². The summed E-state index contributed by atoms with van der Waals surface area (Å²) in [7, 11) is 2.07. The Morgan fingerprint density at radius 1 is 1.14 bits per heavy atom. The Morgan fingerprint density at radius 2 is 1.90 bits per heavy atom. The van der Waals surface area contributed by atoms with Gasteiger partial charge in [0.05, 0.1) is 5.69 Å². The number of likely N-dealkylation sites (N-methyl/N-ethyl adjacent to an activating group) is 1. The lowest BCUT2D eigenvalue weighted by molar-refractivity contribution is -0.119. The van der Waals surface area contributed by atoms with Gasteiger partial charge in [0.1, 0.15) is 11.4 Å². The molecule has 2 aliphatic heterocycles. The number of hydrogen-bond acceptors (Lipinski definition) is 6. The minimum Gasteiger partial charge on any atom is -0.355 e. The summed E-state index contributed by atoms with van der Waals surface area (Å²) < 4.78 is 0. The molecule has 8 heteroatoms. The van der Waals surface area contributed by atoms with Crippen molar-refractivity contribution in [1.82, 2.24) is 14.8 Å². The van der Waals surface area contributed by atoms with E-state index in [-0.39, 0.29) is 11.8 Å². The third-order valence-electron chi connectivity index (χ3n) is 5.31. The average Bonchev–Trinajstić information content (AvgIpc) is 2.69. The molecule has 0 atom stereocenters. The summed E-state index contributed by atoms with van der Waals surface area (Å²) in [5.41, 5.74) is 1.37. The summed E-state index contributed by atoms with van der Waals surface area (Å²) in [5, 5.41) is 9.27. The SMILES string of the molecule is CN1CCN(C(=O)c2cccc(Nc3ccc4c(n3)NC(C)(C)C(=O)N4)c2)CC1. The highest BCUT2D eigenvalue weighted by atomic mass is 16.2. The van der Waals surface area contributed by atoms with E-state index >= 15 is 0 Å². The van der Waals surface area contributed by atoms with E-state index in [1.807, 2.05) is 35.2 Å². The summed E-state index contributed by atoms with van der Waals surface area (Å²) in [6, 6.07) is 11.1.